The average molecular weight is 528 g/mol. The number of nitrogens with zero attached hydrogens (tertiary/aromatic N) is 1. The summed E-state index contributed by atoms with van der Waals surface area (Å²) in [7, 11) is 0. The second kappa shape index (κ2) is 11.0. The number of unbranched alkanes of at least 4 members (excludes halogenated alkanes) is 2. The Bertz CT molecular complexity index is 1660. The maximum absolute atomic E-state index is 5.36. The van der Waals surface area contributed by atoms with Gasteiger partial charge >= 0.3 is 0 Å². The van der Waals surface area contributed by atoms with E-state index in [9.17, 15) is 0 Å². The number of aromatic nitrogens is 1. The Kier molecular flexibility index (Phi) is 7.32. The van der Waals surface area contributed by atoms with Crippen molar-refractivity contribution in [1.29, 1.82) is 0 Å². The van der Waals surface area contributed by atoms with E-state index in [0.717, 1.165) is 24.1 Å². The first-order chi connectivity index (χ1) is 19.0. The van der Waals surface area contributed by atoms with Gasteiger partial charge in [-0.25, -0.2) is 4.98 Å². The standard InChI is InChI=1S/C37H37NS/c1-5-6-7-12-26-18-19-32-31(22-26)27(21-24(2)3)23-33(38-32)36-25(4)17-20-35-37(36)30-15-9-8-13-28(30)29-14-10-11-16-34(29)39-35/h8-11,13-20,22-24H,5-7,12,21H2,1-4H3. The van der Waals surface area contributed by atoms with Crippen molar-refractivity contribution >= 4 is 22.7 Å². The minimum absolute atomic E-state index is 0.576. The molecule has 0 aliphatic carbocycles. The Balaban J connectivity index is 1.58. The lowest BCUT2D eigenvalue weighted by molar-refractivity contribution is 0.650. The molecule has 0 fully saturated rings. The molecule has 1 nitrogen and oxygen atoms in total. The second-order valence-electron chi connectivity index (χ2n) is 11.3. The molecule has 0 unspecified atom stereocenters. The second-order valence-corrected chi connectivity index (χ2v) is 12.4. The Labute approximate surface area is 237 Å². The quantitative estimate of drug-likeness (QED) is 0.191. The fourth-order valence-electron chi connectivity index (χ4n) is 6.02. The number of aryl methyl sites for hydroxylation is 2. The number of hydrogen-bond donors (Lipinski definition) is 0. The van der Waals surface area contributed by atoms with Crippen LogP contribution in [0.1, 0.15) is 56.7 Å². The van der Waals surface area contributed by atoms with Crippen molar-refractivity contribution in [3.63, 3.8) is 0 Å². The van der Waals surface area contributed by atoms with Crippen molar-refractivity contribution in [3.05, 3.63) is 102 Å². The van der Waals surface area contributed by atoms with Gasteiger partial charge < -0.3 is 0 Å². The molecule has 1 aromatic heterocycles. The Morgan fingerprint density at radius 3 is 2.31 bits per heavy atom. The van der Waals surface area contributed by atoms with E-state index in [1.807, 2.05) is 11.8 Å². The van der Waals surface area contributed by atoms with E-state index >= 15 is 0 Å². The highest BCUT2D eigenvalue weighted by Crippen LogP contribution is 2.51. The topological polar surface area (TPSA) is 12.9 Å². The molecule has 0 spiro atoms. The van der Waals surface area contributed by atoms with Crippen LogP contribution in [0.3, 0.4) is 0 Å². The normalized spacial score (nSPS) is 12.2. The summed E-state index contributed by atoms with van der Waals surface area (Å²) in [5, 5.41) is 1.32. The molecule has 2 heterocycles. The Morgan fingerprint density at radius 2 is 1.51 bits per heavy atom. The highest BCUT2D eigenvalue weighted by atomic mass is 32.2. The molecule has 2 heteroatoms. The zero-order valence-corrected chi connectivity index (χ0v) is 24.4. The summed E-state index contributed by atoms with van der Waals surface area (Å²) in [4.78, 5) is 7.97. The van der Waals surface area contributed by atoms with Crippen LogP contribution in [0, 0.1) is 12.8 Å². The van der Waals surface area contributed by atoms with Crippen LogP contribution in [0.25, 0.3) is 44.4 Å². The highest BCUT2D eigenvalue weighted by molar-refractivity contribution is 7.99. The van der Waals surface area contributed by atoms with Crippen molar-refractivity contribution in [2.75, 3.05) is 0 Å². The lowest BCUT2D eigenvalue weighted by Gasteiger charge is -2.19. The van der Waals surface area contributed by atoms with E-state index in [2.05, 4.69) is 113 Å². The molecule has 196 valence electrons. The van der Waals surface area contributed by atoms with Crippen LogP contribution in [0.4, 0.5) is 0 Å². The van der Waals surface area contributed by atoms with Crippen LogP contribution in [0.15, 0.2) is 94.7 Å². The minimum Gasteiger partial charge on any atom is -0.248 e. The Hall–Kier alpha value is -3.36. The van der Waals surface area contributed by atoms with Crippen molar-refractivity contribution in [3.8, 4) is 33.5 Å². The predicted molar refractivity (Wildman–Crippen MR) is 169 cm³/mol. The van der Waals surface area contributed by atoms with Gasteiger partial charge in [-0.15, -0.1) is 0 Å². The molecule has 0 N–H and O–H groups in total. The largest absolute Gasteiger partial charge is 0.248 e. The van der Waals surface area contributed by atoms with E-state index in [1.165, 1.54) is 78.9 Å². The highest BCUT2D eigenvalue weighted by Gasteiger charge is 2.24. The van der Waals surface area contributed by atoms with Crippen LogP contribution >= 0.6 is 11.8 Å². The van der Waals surface area contributed by atoms with Crippen molar-refractivity contribution in [2.24, 2.45) is 5.92 Å². The maximum atomic E-state index is 5.36. The summed E-state index contributed by atoms with van der Waals surface area (Å²) in [5.74, 6) is 0.576. The first kappa shape index (κ1) is 25.9. The van der Waals surface area contributed by atoms with Gasteiger partial charge in [-0.2, -0.15) is 0 Å². The molecule has 0 atom stereocenters. The zero-order chi connectivity index (χ0) is 26.9. The van der Waals surface area contributed by atoms with E-state index in [-0.39, 0.29) is 0 Å². The molecule has 0 amide bonds. The maximum Gasteiger partial charge on any atom is 0.0721 e. The smallest absolute Gasteiger partial charge is 0.0721 e. The zero-order valence-electron chi connectivity index (χ0n) is 23.6. The number of rotatable bonds is 7. The molecule has 6 rings (SSSR count). The van der Waals surface area contributed by atoms with E-state index in [4.69, 9.17) is 4.98 Å². The molecule has 0 radical (unpaired) electrons. The summed E-state index contributed by atoms with van der Waals surface area (Å²) in [5.41, 5.74) is 12.8. The lowest BCUT2D eigenvalue weighted by atomic mass is 9.87. The third-order valence-corrected chi connectivity index (χ3v) is 9.02. The molecular formula is C37H37NS. The predicted octanol–water partition coefficient (Wildman–Crippen LogP) is 10.9. The number of hydrogen-bond acceptors (Lipinski definition) is 2. The first-order valence-corrected chi connectivity index (χ1v) is 15.3. The average Bonchev–Trinajstić information content (AvgIpc) is 3.08. The molecule has 4 aromatic carbocycles. The molecule has 1 aliphatic rings. The van der Waals surface area contributed by atoms with Crippen molar-refractivity contribution in [1.82, 2.24) is 4.98 Å². The number of pyridine rings is 1. The fourth-order valence-corrected chi connectivity index (χ4v) is 7.14. The minimum atomic E-state index is 0.576. The molecule has 0 saturated heterocycles. The number of fused-ring (bicyclic) bond motifs is 6. The summed E-state index contributed by atoms with van der Waals surface area (Å²) in [6.07, 6.45) is 5.99. The van der Waals surface area contributed by atoms with Gasteiger partial charge in [0, 0.05) is 26.3 Å². The molecule has 0 saturated carbocycles. The first-order valence-electron chi connectivity index (χ1n) is 14.5. The van der Waals surface area contributed by atoms with Crippen LogP contribution in [0.5, 0.6) is 0 Å². The van der Waals surface area contributed by atoms with E-state index in [1.54, 1.807) is 0 Å². The SMILES string of the molecule is CCCCCc1ccc2nc(-c3c(C)ccc4c3-c3ccccc3-c3ccccc3S4)cc(CC(C)C)c2c1. The van der Waals surface area contributed by atoms with Gasteiger partial charge in [0.15, 0.2) is 0 Å². The van der Waals surface area contributed by atoms with Gasteiger partial charge in [0.25, 0.3) is 0 Å². The molecule has 39 heavy (non-hydrogen) atoms. The third-order valence-electron chi connectivity index (χ3n) is 7.88. The van der Waals surface area contributed by atoms with Crippen molar-refractivity contribution < 1.29 is 0 Å². The van der Waals surface area contributed by atoms with Crippen LogP contribution in [-0.2, 0) is 12.8 Å². The van der Waals surface area contributed by atoms with Crippen LogP contribution in [0.2, 0.25) is 0 Å². The van der Waals surface area contributed by atoms with E-state index in [0.29, 0.717) is 5.92 Å². The van der Waals surface area contributed by atoms with Gasteiger partial charge in [0.2, 0.25) is 0 Å². The summed E-state index contributed by atoms with van der Waals surface area (Å²) < 4.78 is 0. The summed E-state index contributed by atoms with van der Waals surface area (Å²) in [6.45, 7) is 9.15. The molecular weight excluding hydrogens is 490 g/mol. The van der Waals surface area contributed by atoms with Gasteiger partial charge in [-0.05, 0) is 95.8 Å². The monoisotopic (exact) mass is 527 g/mol. The summed E-state index contributed by atoms with van der Waals surface area (Å²) in [6, 6.07) is 31.7. The van der Waals surface area contributed by atoms with Crippen molar-refractivity contribution in [2.45, 2.75) is 69.6 Å². The number of benzene rings is 4. The van der Waals surface area contributed by atoms with Crippen LogP contribution in [-0.4, -0.2) is 4.98 Å². The van der Waals surface area contributed by atoms with Gasteiger partial charge in [-0.3, -0.25) is 0 Å². The fraction of sp³-hybridized carbons (Fsp3) is 0.270. The van der Waals surface area contributed by atoms with Gasteiger partial charge in [-0.1, -0.05) is 100.0 Å². The molecule has 1 aliphatic heterocycles. The Morgan fingerprint density at radius 1 is 0.744 bits per heavy atom. The summed E-state index contributed by atoms with van der Waals surface area (Å²) >= 11 is 1.88. The third kappa shape index (κ3) is 5.03. The molecule has 0 bridgehead atoms. The van der Waals surface area contributed by atoms with E-state index < -0.39 is 0 Å². The van der Waals surface area contributed by atoms with Gasteiger partial charge in [0.05, 0.1) is 11.2 Å². The lowest BCUT2D eigenvalue weighted by Crippen LogP contribution is -2.01. The van der Waals surface area contributed by atoms with Gasteiger partial charge in [0.1, 0.15) is 0 Å². The molecule has 5 aromatic rings. The van der Waals surface area contributed by atoms with Crippen LogP contribution < -0.4 is 0 Å².